The van der Waals surface area contributed by atoms with E-state index in [1.54, 1.807) is 0 Å². The number of carbonyl (C=O) groups is 1. The molecule has 0 aliphatic carbocycles. The number of carbonyl (C=O) groups excluding carboxylic acids is 1. The zero-order chi connectivity index (χ0) is 20.7. The third kappa shape index (κ3) is 3.85. The minimum atomic E-state index is -4.78. The van der Waals surface area contributed by atoms with Gasteiger partial charge in [-0.3, -0.25) is 9.62 Å². The fourth-order valence-electron chi connectivity index (χ4n) is 2.69. The first-order valence-corrected chi connectivity index (χ1v) is 9.67. The van der Waals surface area contributed by atoms with E-state index in [4.69, 9.17) is 11.6 Å². The third-order valence-corrected chi connectivity index (χ3v) is 5.56. The largest absolute Gasteiger partial charge is 0.434 e. The maximum absolute atomic E-state index is 13.1. The average molecular weight is 436 g/mol. The van der Waals surface area contributed by atoms with E-state index in [1.807, 2.05) is 0 Å². The highest BCUT2D eigenvalue weighted by atomic mass is 35.5. The number of benzene rings is 1. The van der Waals surface area contributed by atoms with Gasteiger partial charge in [-0.1, -0.05) is 17.7 Å². The van der Waals surface area contributed by atoms with Crippen molar-refractivity contribution in [3.8, 4) is 0 Å². The molecule has 1 aliphatic rings. The molecule has 1 saturated heterocycles. The number of nitrogens with zero attached hydrogens (tertiary/aromatic N) is 2. The Hall–Kier alpha value is -2.53. The number of cyclic esters (lactones) is 1. The summed E-state index contributed by atoms with van der Waals surface area (Å²) in [5.74, 6) is -0.308. The number of hydrogen-bond acceptors (Lipinski definition) is 5. The fraction of sp³-hybridized carbons (Fsp3) is 0.250. The van der Waals surface area contributed by atoms with Gasteiger partial charge in [-0.2, -0.15) is 13.2 Å². The molecular weight excluding hydrogens is 423 g/mol. The number of pyridine rings is 1. The lowest BCUT2D eigenvalue weighted by Crippen LogP contribution is -2.41. The molecule has 28 heavy (non-hydrogen) atoms. The van der Waals surface area contributed by atoms with Crippen LogP contribution in [0.15, 0.2) is 47.5 Å². The molecule has 1 N–H and O–H groups in total. The highest BCUT2D eigenvalue weighted by molar-refractivity contribution is 7.92. The Balaban J connectivity index is 1.97. The molecule has 1 fully saturated rings. The van der Waals surface area contributed by atoms with Crippen molar-refractivity contribution in [3.63, 3.8) is 0 Å². The quantitative estimate of drug-likeness (QED) is 0.788. The molecule has 2 atom stereocenters. The van der Waals surface area contributed by atoms with E-state index < -0.39 is 34.4 Å². The zero-order valence-electron chi connectivity index (χ0n) is 14.1. The van der Waals surface area contributed by atoms with Crippen LogP contribution in [0.2, 0.25) is 5.02 Å². The molecule has 2 heterocycles. The van der Waals surface area contributed by atoms with Crippen molar-refractivity contribution in [2.75, 3.05) is 9.62 Å². The SMILES string of the molecule is CC1C(C(F)(F)F)OC(=O)N1c1ncccc1NS(=O)(=O)c1cccc(Cl)c1. The summed E-state index contributed by atoms with van der Waals surface area (Å²) < 4.78 is 71.0. The van der Waals surface area contributed by atoms with Crippen LogP contribution in [0.4, 0.5) is 29.5 Å². The second-order valence-electron chi connectivity index (χ2n) is 5.89. The standard InChI is InChI=1S/C16H13ClF3N3O4S/c1-9-13(16(18,19)20)27-15(24)23(9)14-12(6-3-7-21-14)22-28(25,26)11-5-2-4-10(17)8-11/h2-9,13,22H,1H3. The number of ether oxygens (including phenoxy) is 1. The van der Waals surface area contributed by atoms with E-state index in [1.165, 1.54) is 42.6 Å². The van der Waals surface area contributed by atoms with Gasteiger partial charge < -0.3 is 4.74 Å². The molecule has 2 aromatic rings. The molecule has 1 aliphatic heterocycles. The molecule has 2 unspecified atom stereocenters. The van der Waals surface area contributed by atoms with Gasteiger partial charge in [-0.25, -0.2) is 18.2 Å². The number of sulfonamides is 1. The molecule has 0 bridgehead atoms. The number of nitrogens with one attached hydrogen (secondary N) is 1. The summed E-state index contributed by atoms with van der Waals surface area (Å²) in [7, 11) is -4.14. The zero-order valence-corrected chi connectivity index (χ0v) is 15.7. The van der Waals surface area contributed by atoms with Crippen molar-refractivity contribution in [1.82, 2.24) is 4.98 Å². The van der Waals surface area contributed by atoms with E-state index in [-0.39, 0.29) is 21.4 Å². The van der Waals surface area contributed by atoms with Gasteiger partial charge in [0.05, 0.1) is 16.6 Å². The number of amides is 1. The van der Waals surface area contributed by atoms with E-state index in [0.717, 1.165) is 6.92 Å². The first kappa shape index (κ1) is 20.2. The molecule has 12 heteroatoms. The predicted octanol–water partition coefficient (Wildman–Crippen LogP) is 3.81. The van der Waals surface area contributed by atoms with Gasteiger partial charge in [0.25, 0.3) is 10.0 Å². The third-order valence-electron chi connectivity index (χ3n) is 3.96. The molecule has 1 aromatic heterocycles. The molecule has 3 rings (SSSR count). The summed E-state index contributed by atoms with van der Waals surface area (Å²) >= 11 is 5.81. The molecular formula is C16H13ClF3N3O4S. The summed E-state index contributed by atoms with van der Waals surface area (Å²) in [6.45, 7) is 1.13. The molecule has 7 nitrogen and oxygen atoms in total. The molecule has 0 spiro atoms. The maximum Gasteiger partial charge on any atom is 0.427 e. The number of rotatable bonds is 4. The Kier molecular flexibility index (Phi) is 5.15. The number of aromatic nitrogens is 1. The van der Waals surface area contributed by atoms with Crippen LogP contribution in [0.1, 0.15) is 6.92 Å². The summed E-state index contributed by atoms with van der Waals surface area (Å²) in [5.41, 5.74) is -0.186. The van der Waals surface area contributed by atoms with E-state index >= 15 is 0 Å². The van der Waals surface area contributed by atoms with E-state index in [2.05, 4.69) is 14.4 Å². The lowest BCUT2D eigenvalue weighted by Gasteiger charge is -2.23. The van der Waals surface area contributed by atoms with Crippen LogP contribution < -0.4 is 9.62 Å². The number of halogens is 4. The van der Waals surface area contributed by atoms with Gasteiger partial charge in [0, 0.05) is 11.2 Å². The smallest absolute Gasteiger partial charge is 0.427 e. The fourth-order valence-corrected chi connectivity index (χ4v) is 4.05. The van der Waals surface area contributed by atoms with E-state index in [9.17, 15) is 26.4 Å². The highest BCUT2D eigenvalue weighted by Gasteiger charge is 2.55. The number of anilines is 2. The summed E-state index contributed by atoms with van der Waals surface area (Å²) in [5, 5.41) is 0.180. The second kappa shape index (κ2) is 7.13. The normalized spacial score (nSPS) is 20.2. The van der Waals surface area contributed by atoms with Gasteiger partial charge >= 0.3 is 12.3 Å². The molecule has 1 amide bonds. The molecule has 0 radical (unpaired) electrons. The lowest BCUT2D eigenvalue weighted by molar-refractivity contribution is -0.198. The average Bonchev–Trinajstić information content (AvgIpc) is 2.90. The van der Waals surface area contributed by atoms with Crippen LogP contribution in [-0.2, 0) is 14.8 Å². The first-order valence-electron chi connectivity index (χ1n) is 7.80. The van der Waals surface area contributed by atoms with Crippen LogP contribution in [0.3, 0.4) is 0 Å². The number of alkyl halides is 3. The Labute approximate surface area is 163 Å². The van der Waals surface area contributed by atoms with Gasteiger partial charge in [0.15, 0.2) is 5.82 Å². The Morgan fingerprint density at radius 1 is 1.25 bits per heavy atom. The van der Waals surface area contributed by atoms with Gasteiger partial charge in [0.2, 0.25) is 6.10 Å². The lowest BCUT2D eigenvalue weighted by atomic mass is 10.1. The molecule has 1 aromatic carbocycles. The van der Waals surface area contributed by atoms with Crippen LogP contribution in [0, 0.1) is 0 Å². The van der Waals surface area contributed by atoms with E-state index in [0.29, 0.717) is 4.90 Å². The van der Waals surface area contributed by atoms with Crippen LogP contribution in [-0.4, -0.2) is 37.8 Å². The van der Waals surface area contributed by atoms with Crippen molar-refractivity contribution in [1.29, 1.82) is 0 Å². The minimum absolute atomic E-state index is 0.167. The van der Waals surface area contributed by atoms with Crippen molar-refractivity contribution in [2.24, 2.45) is 0 Å². The summed E-state index contributed by atoms with van der Waals surface area (Å²) in [6, 6.07) is 6.59. The maximum atomic E-state index is 13.1. The predicted molar refractivity (Wildman–Crippen MR) is 94.8 cm³/mol. The minimum Gasteiger partial charge on any atom is -0.434 e. The topological polar surface area (TPSA) is 88.6 Å². The highest BCUT2D eigenvalue weighted by Crippen LogP contribution is 2.37. The summed E-state index contributed by atoms with van der Waals surface area (Å²) in [4.78, 5) is 16.4. The Bertz CT molecular complexity index is 1020. The van der Waals surface area contributed by atoms with Gasteiger partial charge in [-0.05, 0) is 37.3 Å². The summed E-state index contributed by atoms with van der Waals surface area (Å²) in [6.07, 6.45) is -7.21. The Morgan fingerprint density at radius 3 is 2.57 bits per heavy atom. The van der Waals surface area contributed by atoms with Gasteiger partial charge in [0.1, 0.15) is 0 Å². The molecule has 0 saturated carbocycles. The van der Waals surface area contributed by atoms with Crippen molar-refractivity contribution >= 4 is 39.2 Å². The Morgan fingerprint density at radius 2 is 1.96 bits per heavy atom. The monoisotopic (exact) mass is 435 g/mol. The van der Waals surface area contributed by atoms with Gasteiger partial charge in [-0.15, -0.1) is 0 Å². The van der Waals surface area contributed by atoms with Crippen molar-refractivity contribution in [3.05, 3.63) is 47.6 Å². The van der Waals surface area contributed by atoms with Crippen molar-refractivity contribution in [2.45, 2.75) is 30.1 Å². The van der Waals surface area contributed by atoms with Crippen LogP contribution in [0.25, 0.3) is 0 Å². The number of hydrogen-bond donors (Lipinski definition) is 1. The van der Waals surface area contributed by atoms with Crippen LogP contribution in [0.5, 0.6) is 0 Å². The second-order valence-corrected chi connectivity index (χ2v) is 8.01. The van der Waals surface area contributed by atoms with Crippen molar-refractivity contribution < 1.29 is 31.1 Å². The van der Waals surface area contributed by atoms with Crippen LogP contribution >= 0.6 is 11.6 Å². The first-order chi connectivity index (χ1) is 13.0. The molecule has 150 valence electrons.